The van der Waals surface area contributed by atoms with E-state index in [-0.39, 0.29) is 11.7 Å². The van der Waals surface area contributed by atoms with Gasteiger partial charge in [0.25, 0.3) is 5.91 Å². The average molecular weight is 376 g/mol. The minimum atomic E-state index is -0.329. The Bertz CT molecular complexity index is 872. The van der Waals surface area contributed by atoms with Gasteiger partial charge in [0.2, 0.25) is 0 Å². The summed E-state index contributed by atoms with van der Waals surface area (Å²) in [5.41, 5.74) is 1.25. The zero-order valence-electron chi connectivity index (χ0n) is 12.6. The van der Waals surface area contributed by atoms with Crippen LogP contribution in [0.3, 0.4) is 0 Å². The highest BCUT2D eigenvalue weighted by molar-refractivity contribution is 9.10. The number of furan rings is 1. The number of hydrogen-bond donors (Lipinski definition) is 1. The highest BCUT2D eigenvalue weighted by atomic mass is 79.9. The lowest BCUT2D eigenvalue weighted by atomic mass is 10.2. The second-order valence-corrected chi connectivity index (χ2v) is 5.73. The summed E-state index contributed by atoms with van der Waals surface area (Å²) in [5.74, 6) is 1.05. The van der Waals surface area contributed by atoms with Crippen LogP contribution >= 0.6 is 15.9 Å². The molecule has 0 bridgehead atoms. The predicted octanol–water partition coefficient (Wildman–Crippen LogP) is 4.46. The fourth-order valence-electron chi connectivity index (χ4n) is 2.23. The van der Waals surface area contributed by atoms with Crippen LogP contribution in [0, 0.1) is 0 Å². The van der Waals surface area contributed by atoms with Crippen molar-refractivity contribution in [2.45, 2.75) is 0 Å². The zero-order valence-corrected chi connectivity index (χ0v) is 14.1. The van der Waals surface area contributed by atoms with E-state index in [1.54, 1.807) is 38.5 Å². The van der Waals surface area contributed by atoms with Gasteiger partial charge in [0, 0.05) is 21.6 Å². The van der Waals surface area contributed by atoms with Crippen molar-refractivity contribution in [3.8, 4) is 11.5 Å². The van der Waals surface area contributed by atoms with E-state index in [2.05, 4.69) is 21.2 Å². The number of carbonyl (C=O) groups excluding carboxylic acids is 1. The molecule has 0 radical (unpaired) electrons. The number of carbonyl (C=O) groups is 1. The first-order valence-corrected chi connectivity index (χ1v) is 7.62. The van der Waals surface area contributed by atoms with Gasteiger partial charge >= 0.3 is 0 Å². The molecule has 0 atom stereocenters. The standard InChI is InChI=1S/C17H14BrNO4/c1-21-14-6-4-12(9-15(14)22-2)19-17(20)16-8-10-7-11(18)3-5-13(10)23-16/h3-9H,1-2H3,(H,19,20). The molecule has 0 aliphatic carbocycles. The first-order valence-electron chi connectivity index (χ1n) is 6.83. The SMILES string of the molecule is COc1ccc(NC(=O)c2cc3cc(Br)ccc3o2)cc1OC. The molecule has 0 unspecified atom stereocenters. The Morgan fingerprint density at radius 2 is 1.83 bits per heavy atom. The van der Waals surface area contributed by atoms with Crippen LogP contribution in [0.1, 0.15) is 10.6 Å². The van der Waals surface area contributed by atoms with Gasteiger partial charge in [-0.3, -0.25) is 4.79 Å². The molecule has 1 amide bonds. The largest absolute Gasteiger partial charge is 0.493 e. The fraction of sp³-hybridized carbons (Fsp3) is 0.118. The molecule has 3 aromatic rings. The summed E-state index contributed by atoms with van der Waals surface area (Å²) >= 11 is 3.39. The lowest BCUT2D eigenvalue weighted by Gasteiger charge is -2.09. The molecule has 1 aromatic heterocycles. The third kappa shape index (κ3) is 3.17. The van der Waals surface area contributed by atoms with Gasteiger partial charge in [-0.05, 0) is 36.4 Å². The van der Waals surface area contributed by atoms with E-state index >= 15 is 0 Å². The summed E-state index contributed by atoms with van der Waals surface area (Å²) in [7, 11) is 3.10. The lowest BCUT2D eigenvalue weighted by molar-refractivity contribution is 0.0998. The number of amides is 1. The Balaban J connectivity index is 1.85. The van der Waals surface area contributed by atoms with Crippen molar-refractivity contribution in [1.29, 1.82) is 0 Å². The van der Waals surface area contributed by atoms with Crippen molar-refractivity contribution >= 4 is 38.5 Å². The Labute approximate surface area is 141 Å². The number of fused-ring (bicyclic) bond motifs is 1. The summed E-state index contributed by atoms with van der Waals surface area (Å²) in [6.45, 7) is 0. The van der Waals surface area contributed by atoms with Crippen molar-refractivity contribution in [2.75, 3.05) is 19.5 Å². The molecule has 118 valence electrons. The van der Waals surface area contributed by atoms with Gasteiger partial charge in [-0.25, -0.2) is 0 Å². The molecule has 5 nitrogen and oxygen atoms in total. The number of nitrogens with one attached hydrogen (secondary N) is 1. The molecule has 6 heteroatoms. The normalized spacial score (nSPS) is 10.6. The Hall–Kier alpha value is -2.47. The van der Waals surface area contributed by atoms with E-state index in [1.807, 2.05) is 18.2 Å². The van der Waals surface area contributed by atoms with Crippen molar-refractivity contribution in [3.63, 3.8) is 0 Å². The summed E-state index contributed by atoms with van der Waals surface area (Å²) < 4.78 is 16.9. The molecular formula is C17H14BrNO4. The molecule has 0 aliphatic rings. The van der Waals surface area contributed by atoms with E-state index in [9.17, 15) is 4.79 Å². The second-order valence-electron chi connectivity index (χ2n) is 4.82. The molecule has 2 aromatic carbocycles. The van der Waals surface area contributed by atoms with Crippen molar-refractivity contribution in [2.24, 2.45) is 0 Å². The van der Waals surface area contributed by atoms with Gasteiger partial charge in [-0.1, -0.05) is 15.9 Å². The number of anilines is 1. The van der Waals surface area contributed by atoms with Gasteiger partial charge in [0.1, 0.15) is 5.58 Å². The Morgan fingerprint density at radius 1 is 1.04 bits per heavy atom. The maximum atomic E-state index is 12.3. The zero-order chi connectivity index (χ0) is 16.4. The van der Waals surface area contributed by atoms with Crippen LogP contribution in [-0.4, -0.2) is 20.1 Å². The van der Waals surface area contributed by atoms with Crippen LogP contribution in [0.25, 0.3) is 11.0 Å². The average Bonchev–Trinajstić information content (AvgIpc) is 2.97. The Morgan fingerprint density at radius 3 is 2.57 bits per heavy atom. The van der Waals surface area contributed by atoms with E-state index in [1.165, 1.54) is 0 Å². The van der Waals surface area contributed by atoms with Crippen LogP contribution in [0.4, 0.5) is 5.69 Å². The highest BCUT2D eigenvalue weighted by Crippen LogP contribution is 2.30. The van der Waals surface area contributed by atoms with Crippen LogP contribution in [0.2, 0.25) is 0 Å². The summed E-state index contributed by atoms with van der Waals surface area (Å²) in [6.07, 6.45) is 0. The molecule has 3 rings (SSSR count). The summed E-state index contributed by atoms with van der Waals surface area (Å²) in [6, 6.07) is 12.4. The first-order chi connectivity index (χ1) is 11.1. The predicted molar refractivity (Wildman–Crippen MR) is 91.4 cm³/mol. The number of halogens is 1. The van der Waals surface area contributed by atoms with Gasteiger partial charge in [0.15, 0.2) is 17.3 Å². The van der Waals surface area contributed by atoms with Crippen LogP contribution in [-0.2, 0) is 0 Å². The molecule has 0 spiro atoms. The molecule has 0 saturated carbocycles. The maximum absolute atomic E-state index is 12.3. The second kappa shape index (κ2) is 6.34. The maximum Gasteiger partial charge on any atom is 0.291 e. The monoisotopic (exact) mass is 375 g/mol. The number of benzene rings is 2. The summed E-state index contributed by atoms with van der Waals surface area (Å²) in [5, 5.41) is 3.64. The molecule has 1 heterocycles. The Kier molecular flexibility index (Phi) is 4.25. The highest BCUT2D eigenvalue weighted by Gasteiger charge is 2.14. The number of methoxy groups -OCH3 is 2. The van der Waals surface area contributed by atoms with E-state index < -0.39 is 0 Å². The molecule has 0 saturated heterocycles. The molecule has 0 aliphatic heterocycles. The van der Waals surface area contributed by atoms with E-state index in [4.69, 9.17) is 13.9 Å². The smallest absolute Gasteiger partial charge is 0.291 e. The number of ether oxygens (including phenoxy) is 2. The third-order valence-corrected chi connectivity index (χ3v) is 3.84. The minimum absolute atomic E-state index is 0.243. The summed E-state index contributed by atoms with van der Waals surface area (Å²) in [4.78, 5) is 12.3. The lowest BCUT2D eigenvalue weighted by Crippen LogP contribution is -2.10. The van der Waals surface area contributed by atoms with Crippen molar-refractivity contribution in [1.82, 2.24) is 0 Å². The quantitative estimate of drug-likeness (QED) is 0.730. The van der Waals surface area contributed by atoms with Crippen molar-refractivity contribution < 1.29 is 18.7 Å². The van der Waals surface area contributed by atoms with Gasteiger partial charge in [-0.2, -0.15) is 0 Å². The van der Waals surface area contributed by atoms with E-state index in [0.717, 1.165) is 9.86 Å². The fourth-order valence-corrected chi connectivity index (χ4v) is 2.61. The van der Waals surface area contributed by atoms with Crippen LogP contribution < -0.4 is 14.8 Å². The topological polar surface area (TPSA) is 60.7 Å². The van der Waals surface area contributed by atoms with Crippen LogP contribution in [0.5, 0.6) is 11.5 Å². The minimum Gasteiger partial charge on any atom is -0.493 e. The first kappa shape index (κ1) is 15.4. The van der Waals surface area contributed by atoms with Gasteiger partial charge < -0.3 is 19.2 Å². The van der Waals surface area contributed by atoms with E-state index in [0.29, 0.717) is 22.8 Å². The van der Waals surface area contributed by atoms with Crippen molar-refractivity contribution in [3.05, 3.63) is 52.7 Å². The molecule has 0 fully saturated rings. The van der Waals surface area contributed by atoms with Gasteiger partial charge in [-0.15, -0.1) is 0 Å². The van der Waals surface area contributed by atoms with Gasteiger partial charge in [0.05, 0.1) is 14.2 Å². The molecule has 23 heavy (non-hydrogen) atoms. The number of rotatable bonds is 4. The number of hydrogen-bond acceptors (Lipinski definition) is 4. The molecule has 1 N–H and O–H groups in total. The van der Waals surface area contributed by atoms with Crippen LogP contribution in [0.15, 0.2) is 51.4 Å². The third-order valence-electron chi connectivity index (χ3n) is 3.34. The molecular weight excluding hydrogens is 362 g/mol.